The highest BCUT2D eigenvalue weighted by molar-refractivity contribution is 5.41. The quantitative estimate of drug-likeness (QED) is 0.771. The zero-order valence-electron chi connectivity index (χ0n) is 8.37. The standard InChI is InChI=1S/C11H14FNO2/c12-9-5-8(10(13)6-14)4-7-2-1-3-15-11(7)9/h4-5,10,14H,1-3,6,13H2/t10-/m0/s1. The first kappa shape index (κ1) is 10.4. The van der Waals surface area contributed by atoms with E-state index in [1.54, 1.807) is 0 Å². The Morgan fingerprint density at radius 1 is 1.53 bits per heavy atom. The second-order valence-electron chi connectivity index (χ2n) is 3.73. The van der Waals surface area contributed by atoms with E-state index in [0.29, 0.717) is 17.9 Å². The van der Waals surface area contributed by atoms with Crippen LogP contribution in [0.1, 0.15) is 23.6 Å². The van der Waals surface area contributed by atoms with Gasteiger partial charge in [0.2, 0.25) is 0 Å². The van der Waals surface area contributed by atoms with Crippen molar-refractivity contribution in [2.45, 2.75) is 18.9 Å². The first-order chi connectivity index (χ1) is 7.22. The largest absolute Gasteiger partial charge is 0.490 e. The van der Waals surface area contributed by atoms with Crippen molar-refractivity contribution in [1.82, 2.24) is 0 Å². The maximum atomic E-state index is 13.6. The summed E-state index contributed by atoms with van der Waals surface area (Å²) in [6, 6.07) is 2.63. The van der Waals surface area contributed by atoms with Gasteiger partial charge in [-0.3, -0.25) is 0 Å². The first-order valence-electron chi connectivity index (χ1n) is 5.04. The van der Waals surface area contributed by atoms with Gasteiger partial charge in [0.05, 0.1) is 19.3 Å². The second-order valence-corrected chi connectivity index (χ2v) is 3.73. The van der Waals surface area contributed by atoms with Gasteiger partial charge in [-0.25, -0.2) is 4.39 Å². The lowest BCUT2D eigenvalue weighted by Crippen LogP contribution is -2.17. The molecule has 1 aliphatic heterocycles. The van der Waals surface area contributed by atoms with Crippen molar-refractivity contribution >= 4 is 0 Å². The van der Waals surface area contributed by atoms with Crippen LogP contribution in [0.15, 0.2) is 12.1 Å². The molecule has 0 saturated carbocycles. The van der Waals surface area contributed by atoms with Crippen molar-refractivity contribution in [2.24, 2.45) is 5.73 Å². The lowest BCUT2D eigenvalue weighted by Gasteiger charge is -2.20. The fourth-order valence-electron chi connectivity index (χ4n) is 1.78. The number of hydrogen-bond donors (Lipinski definition) is 2. The van der Waals surface area contributed by atoms with E-state index in [-0.39, 0.29) is 12.4 Å². The van der Waals surface area contributed by atoms with E-state index in [1.807, 2.05) is 6.07 Å². The zero-order valence-corrected chi connectivity index (χ0v) is 8.37. The average Bonchev–Trinajstić information content (AvgIpc) is 2.28. The molecule has 3 N–H and O–H groups in total. The van der Waals surface area contributed by atoms with Gasteiger partial charge in [-0.1, -0.05) is 6.07 Å². The number of benzene rings is 1. The number of nitrogens with two attached hydrogens (primary N) is 1. The van der Waals surface area contributed by atoms with Crippen LogP contribution >= 0.6 is 0 Å². The molecule has 1 heterocycles. The molecule has 0 spiro atoms. The summed E-state index contributed by atoms with van der Waals surface area (Å²) in [4.78, 5) is 0. The van der Waals surface area contributed by atoms with E-state index >= 15 is 0 Å². The number of aliphatic hydroxyl groups is 1. The van der Waals surface area contributed by atoms with Crippen LogP contribution in [0.3, 0.4) is 0 Å². The summed E-state index contributed by atoms with van der Waals surface area (Å²) in [5, 5.41) is 8.90. The number of aryl methyl sites for hydroxylation is 1. The Balaban J connectivity index is 2.40. The van der Waals surface area contributed by atoms with E-state index in [4.69, 9.17) is 15.6 Å². The minimum Gasteiger partial charge on any atom is -0.490 e. The highest BCUT2D eigenvalue weighted by Gasteiger charge is 2.18. The van der Waals surface area contributed by atoms with Crippen molar-refractivity contribution in [3.63, 3.8) is 0 Å². The third kappa shape index (κ3) is 1.96. The molecule has 0 unspecified atom stereocenters. The second kappa shape index (κ2) is 4.16. The van der Waals surface area contributed by atoms with Crippen molar-refractivity contribution in [3.05, 3.63) is 29.1 Å². The Labute approximate surface area is 87.7 Å². The number of hydrogen-bond acceptors (Lipinski definition) is 3. The summed E-state index contributed by atoms with van der Waals surface area (Å²) in [6.45, 7) is 0.383. The summed E-state index contributed by atoms with van der Waals surface area (Å²) in [6.07, 6.45) is 1.70. The third-order valence-electron chi connectivity index (χ3n) is 2.60. The zero-order chi connectivity index (χ0) is 10.8. The van der Waals surface area contributed by atoms with Gasteiger partial charge >= 0.3 is 0 Å². The van der Waals surface area contributed by atoms with Crippen LogP contribution < -0.4 is 10.5 Å². The van der Waals surface area contributed by atoms with Gasteiger partial charge in [0, 0.05) is 0 Å². The molecule has 1 aromatic carbocycles. The van der Waals surface area contributed by atoms with Crippen LogP contribution in [0.5, 0.6) is 5.75 Å². The van der Waals surface area contributed by atoms with Gasteiger partial charge < -0.3 is 15.6 Å². The molecule has 2 rings (SSSR count). The van der Waals surface area contributed by atoms with Crippen molar-refractivity contribution in [1.29, 1.82) is 0 Å². The number of ether oxygens (including phenoxy) is 1. The molecule has 3 nitrogen and oxygen atoms in total. The SMILES string of the molecule is N[C@@H](CO)c1cc(F)c2c(c1)CCCO2. The predicted molar refractivity (Wildman–Crippen MR) is 54.2 cm³/mol. The summed E-state index contributed by atoms with van der Waals surface area (Å²) in [7, 11) is 0. The Kier molecular flexibility index (Phi) is 2.88. The Morgan fingerprint density at radius 2 is 2.33 bits per heavy atom. The van der Waals surface area contributed by atoms with E-state index in [9.17, 15) is 4.39 Å². The summed E-state index contributed by atoms with van der Waals surface area (Å²) < 4.78 is 18.8. The molecular weight excluding hydrogens is 197 g/mol. The molecule has 0 radical (unpaired) electrons. The van der Waals surface area contributed by atoms with Crippen LogP contribution in [0.2, 0.25) is 0 Å². The topological polar surface area (TPSA) is 55.5 Å². The number of aliphatic hydroxyl groups excluding tert-OH is 1. The van der Waals surface area contributed by atoms with Crippen LogP contribution in [0.25, 0.3) is 0 Å². The molecule has 1 aliphatic rings. The molecule has 0 amide bonds. The molecule has 1 atom stereocenters. The monoisotopic (exact) mass is 211 g/mol. The molecule has 15 heavy (non-hydrogen) atoms. The van der Waals surface area contributed by atoms with Gasteiger partial charge in [0.1, 0.15) is 0 Å². The molecule has 4 heteroatoms. The van der Waals surface area contributed by atoms with Crippen molar-refractivity contribution in [3.8, 4) is 5.75 Å². The van der Waals surface area contributed by atoms with Gasteiger partial charge in [-0.05, 0) is 30.0 Å². The molecule has 0 saturated heterocycles. The van der Waals surface area contributed by atoms with Crippen LogP contribution in [0.4, 0.5) is 4.39 Å². The Hall–Kier alpha value is -1.13. The average molecular weight is 211 g/mol. The van der Waals surface area contributed by atoms with Gasteiger partial charge in [-0.15, -0.1) is 0 Å². The fourth-order valence-corrected chi connectivity index (χ4v) is 1.78. The molecule has 0 aromatic heterocycles. The van der Waals surface area contributed by atoms with Crippen molar-refractivity contribution < 1.29 is 14.2 Å². The predicted octanol–water partition coefficient (Wildman–Crippen LogP) is 1.14. The highest BCUT2D eigenvalue weighted by Crippen LogP contribution is 2.30. The van der Waals surface area contributed by atoms with Crippen LogP contribution in [0, 0.1) is 5.82 Å². The lowest BCUT2D eigenvalue weighted by atomic mass is 9.99. The maximum absolute atomic E-state index is 13.6. The van der Waals surface area contributed by atoms with E-state index in [1.165, 1.54) is 6.07 Å². The summed E-state index contributed by atoms with van der Waals surface area (Å²) in [5.41, 5.74) is 7.11. The Morgan fingerprint density at radius 3 is 3.07 bits per heavy atom. The first-order valence-corrected chi connectivity index (χ1v) is 5.04. The lowest BCUT2D eigenvalue weighted by molar-refractivity contribution is 0.263. The molecular formula is C11H14FNO2. The van der Waals surface area contributed by atoms with Gasteiger partial charge in [0.15, 0.2) is 11.6 Å². The fraction of sp³-hybridized carbons (Fsp3) is 0.455. The molecule has 0 aliphatic carbocycles. The number of rotatable bonds is 2. The minimum atomic E-state index is -0.522. The minimum absolute atomic E-state index is 0.181. The molecule has 82 valence electrons. The van der Waals surface area contributed by atoms with Crippen LogP contribution in [-0.4, -0.2) is 18.3 Å². The number of fused-ring (bicyclic) bond motifs is 1. The highest BCUT2D eigenvalue weighted by atomic mass is 19.1. The molecule has 1 aromatic rings. The third-order valence-corrected chi connectivity index (χ3v) is 2.60. The van der Waals surface area contributed by atoms with E-state index < -0.39 is 6.04 Å². The van der Waals surface area contributed by atoms with Gasteiger partial charge in [-0.2, -0.15) is 0 Å². The summed E-state index contributed by atoms with van der Waals surface area (Å²) in [5.74, 6) is -0.0405. The molecule has 0 fully saturated rings. The normalized spacial score (nSPS) is 16.7. The van der Waals surface area contributed by atoms with Gasteiger partial charge in [0.25, 0.3) is 0 Å². The smallest absolute Gasteiger partial charge is 0.165 e. The molecule has 0 bridgehead atoms. The summed E-state index contributed by atoms with van der Waals surface area (Å²) >= 11 is 0. The van der Waals surface area contributed by atoms with Crippen molar-refractivity contribution in [2.75, 3.05) is 13.2 Å². The Bertz CT molecular complexity index is 368. The van der Waals surface area contributed by atoms with E-state index in [2.05, 4.69) is 0 Å². The van der Waals surface area contributed by atoms with E-state index in [0.717, 1.165) is 18.4 Å². The van der Waals surface area contributed by atoms with Crippen LogP contribution in [-0.2, 0) is 6.42 Å². The number of halogens is 1. The maximum Gasteiger partial charge on any atom is 0.165 e.